The number of hydrogen-bond acceptors (Lipinski definition) is 4. The molecule has 112 valence electrons. The van der Waals surface area contributed by atoms with Crippen molar-refractivity contribution in [2.45, 2.75) is 37.6 Å². The second kappa shape index (κ2) is 5.37. The lowest BCUT2D eigenvalue weighted by molar-refractivity contribution is -0.122. The number of hydrogen-bond donors (Lipinski definition) is 3. The van der Waals surface area contributed by atoms with E-state index in [1.807, 2.05) is 0 Å². The Morgan fingerprint density at radius 1 is 1.29 bits per heavy atom. The second-order valence-corrected chi connectivity index (χ2v) is 5.72. The van der Waals surface area contributed by atoms with E-state index in [1.165, 1.54) is 0 Å². The summed E-state index contributed by atoms with van der Waals surface area (Å²) in [6.45, 7) is -0.00870. The molecule has 0 unspecified atom stereocenters. The molecule has 0 saturated heterocycles. The Kier molecular flexibility index (Phi) is 3.55. The molecule has 6 heteroatoms. The van der Waals surface area contributed by atoms with Crippen molar-refractivity contribution in [3.63, 3.8) is 0 Å². The maximum atomic E-state index is 12.4. The molecule has 1 aromatic carbocycles. The van der Waals surface area contributed by atoms with Crippen molar-refractivity contribution in [3.8, 4) is 5.75 Å². The fourth-order valence-electron chi connectivity index (χ4n) is 2.82. The normalized spacial score (nSPS) is 20.0. The van der Waals surface area contributed by atoms with Gasteiger partial charge in [-0.1, -0.05) is 19.3 Å². The van der Waals surface area contributed by atoms with Crippen molar-refractivity contribution in [2.24, 2.45) is 5.73 Å². The van der Waals surface area contributed by atoms with Crippen LogP contribution in [0.25, 0.3) is 0 Å². The monoisotopic (exact) mass is 289 g/mol. The molecular weight excluding hydrogens is 270 g/mol. The molecule has 0 aromatic heterocycles. The Bertz CT molecular complexity index is 580. The predicted octanol–water partition coefficient (Wildman–Crippen LogP) is 1.62. The van der Waals surface area contributed by atoms with Gasteiger partial charge in [-0.2, -0.15) is 0 Å². The fraction of sp³-hybridized carbons (Fsp3) is 0.467. The van der Waals surface area contributed by atoms with Crippen LogP contribution < -0.4 is 21.1 Å². The zero-order valence-electron chi connectivity index (χ0n) is 11.8. The molecule has 21 heavy (non-hydrogen) atoms. The molecule has 3 rings (SSSR count). The lowest BCUT2D eigenvalue weighted by Gasteiger charge is -2.31. The van der Waals surface area contributed by atoms with Gasteiger partial charge in [-0.15, -0.1) is 0 Å². The summed E-state index contributed by atoms with van der Waals surface area (Å²) in [5.74, 6) is 0.228. The minimum Gasteiger partial charge on any atom is -0.482 e. The number of fused-ring (bicyclic) bond motifs is 1. The van der Waals surface area contributed by atoms with E-state index in [1.54, 1.807) is 18.2 Å². The highest BCUT2D eigenvalue weighted by molar-refractivity contribution is 5.99. The van der Waals surface area contributed by atoms with E-state index in [-0.39, 0.29) is 18.4 Å². The number of anilines is 2. The van der Waals surface area contributed by atoms with E-state index < -0.39 is 5.54 Å². The number of ether oxygens (including phenoxy) is 1. The molecule has 0 spiro atoms. The van der Waals surface area contributed by atoms with Gasteiger partial charge in [0.2, 0.25) is 5.91 Å². The highest BCUT2D eigenvalue weighted by Crippen LogP contribution is 2.32. The van der Waals surface area contributed by atoms with Gasteiger partial charge in [-0.3, -0.25) is 9.59 Å². The number of carbonyl (C=O) groups is 2. The van der Waals surface area contributed by atoms with Gasteiger partial charge in [-0.05, 0) is 25.0 Å². The summed E-state index contributed by atoms with van der Waals surface area (Å²) in [4.78, 5) is 23.6. The van der Waals surface area contributed by atoms with Crippen LogP contribution in [-0.4, -0.2) is 24.0 Å². The van der Waals surface area contributed by atoms with Crippen LogP contribution in [0.15, 0.2) is 18.2 Å². The third-order valence-corrected chi connectivity index (χ3v) is 4.07. The third kappa shape index (κ3) is 2.85. The van der Waals surface area contributed by atoms with Crippen LogP contribution >= 0.6 is 0 Å². The SMILES string of the molecule is NC1(C(=O)Nc2ccc3c(c2)OCC(=O)N3)CCCCC1. The molecule has 1 aliphatic heterocycles. The van der Waals surface area contributed by atoms with Gasteiger partial charge < -0.3 is 21.1 Å². The minimum absolute atomic E-state index is 0.00870. The summed E-state index contributed by atoms with van der Waals surface area (Å²) in [5.41, 5.74) is 6.68. The van der Waals surface area contributed by atoms with Crippen molar-refractivity contribution in [2.75, 3.05) is 17.2 Å². The van der Waals surface area contributed by atoms with Crippen LogP contribution in [0.3, 0.4) is 0 Å². The molecule has 2 amide bonds. The number of nitrogens with two attached hydrogens (primary N) is 1. The highest BCUT2D eigenvalue weighted by atomic mass is 16.5. The molecule has 1 heterocycles. The third-order valence-electron chi connectivity index (χ3n) is 4.07. The molecule has 0 bridgehead atoms. The van der Waals surface area contributed by atoms with Crippen molar-refractivity contribution in [1.29, 1.82) is 0 Å². The minimum atomic E-state index is -0.775. The smallest absolute Gasteiger partial charge is 0.262 e. The van der Waals surface area contributed by atoms with E-state index in [0.717, 1.165) is 32.1 Å². The lowest BCUT2D eigenvalue weighted by atomic mass is 9.82. The summed E-state index contributed by atoms with van der Waals surface area (Å²) in [7, 11) is 0. The number of carbonyl (C=O) groups excluding carboxylic acids is 2. The maximum absolute atomic E-state index is 12.4. The Morgan fingerprint density at radius 3 is 2.81 bits per heavy atom. The summed E-state index contributed by atoms with van der Waals surface area (Å²) in [5, 5.41) is 5.57. The van der Waals surface area contributed by atoms with Gasteiger partial charge in [0, 0.05) is 11.8 Å². The van der Waals surface area contributed by atoms with Gasteiger partial charge in [0.15, 0.2) is 6.61 Å². The Hall–Kier alpha value is -2.08. The molecule has 1 aliphatic carbocycles. The fourth-order valence-corrected chi connectivity index (χ4v) is 2.82. The van der Waals surface area contributed by atoms with Crippen LogP contribution in [0.4, 0.5) is 11.4 Å². The molecule has 0 atom stereocenters. The quantitative estimate of drug-likeness (QED) is 0.771. The Balaban J connectivity index is 1.73. The summed E-state index contributed by atoms with van der Waals surface area (Å²) >= 11 is 0. The Labute approximate surface area is 123 Å². The van der Waals surface area contributed by atoms with E-state index in [9.17, 15) is 9.59 Å². The van der Waals surface area contributed by atoms with E-state index in [4.69, 9.17) is 10.5 Å². The van der Waals surface area contributed by atoms with E-state index >= 15 is 0 Å². The van der Waals surface area contributed by atoms with Crippen LogP contribution in [0.1, 0.15) is 32.1 Å². The van der Waals surface area contributed by atoms with E-state index in [0.29, 0.717) is 17.1 Å². The topological polar surface area (TPSA) is 93.5 Å². The highest BCUT2D eigenvalue weighted by Gasteiger charge is 2.35. The lowest BCUT2D eigenvalue weighted by Crippen LogP contribution is -2.52. The average molecular weight is 289 g/mol. The zero-order chi connectivity index (χ0) is 14.9. The standard InChI is InChI=1S/C15H19N3O3/c16-15(6-2-1-3-7-15)14(20)17-10-4-5-11-12(8-10)21-9-13(19)18-11/h4-5,8H,1-3,6-7,9,16H2,(H,17,20)(H,18,19). The van der Waals surface area contributed by atoms with Crippen molar-refractivity contribution < 1.29 is 14.3 Å². The largest absolute Gasteiger partial charge is 0.482 e. The van der Waals surface area contributed by atoms with Gasteiger partial charge in [-0.25, -0.2) is 0 Å². The first-order valence-corrected chi connectivity index (χ1v) is 7.24. The van der Waals surface area contributed by atoms with Crippen molar-refractivity contribution in [1.82, 2.24) is 0 Å². The van der Waals surface area contributed by atoms with Gasteiger partial charge >= 0.3 is 0 Å². The molecule has 6 nitrogen and oxygen atoms in total. The molecule has 0 radical (unpaired) electrons. The number of nitrogens with one attached hydrogen (secondary N) is 2. The first-order chi connectivity index (χ1) is 10.1. The maximum Gasteiger partial charge on any atom is 0.262 e. The number of amides is 2. The number of benzene rings is 1. The van der Waals surface area contributed by atoms with Crippen molar-refractivity contribution >= 4 is 23.2 Å². The second-order valence-electron chi connectivity index (χ2n) is 5.72. The van der Waals surface area contributed by atoms with Crippen LogP contribution in [0.2, 0.25) is 0 Å². The molecular formula is C15H19N3O3. The summed E-state index contributed by atoms with van der Waals surface area (Å²) < 4.78 is 5.33. The summed E-state index contributed by atoms with van der Waals surface area (Å²) in [6, 6.07) is 5.16. The van der Waals surface area contributed by atoms with Crippen LogP contribution in [-0.2, 0) is 9.59 Å². The van der Waals surface area contributed by atoms with Gasteiger partial charge in [0.05, 0.1) is 11.2 Å². The Morgan fingerprint density at radius 2 is 2.05 bits per heavy atom. The predicted molar refractivity (Wildman–Crippen MR) is 79.2 cm³/mol. The number of rotatable bonds is 2. The first kappa shape index (κ1) is 13.9. The van der Waals surface area contributed by atoms with Gasteiger partial charge in [0.1, 0.15) is 5.75 Å². The van der Waals surface area contributed by atoms with Crippen LogP contribution in [0.5, 0.6) is 5.75 Å². The average Bonchev–Trinajstić information content (AvgIpc) is 2.48. The zero-order valence-corrected chi connectivity index (χ0v) is 11.8. The van der Waals surface area contributed by atoms with E-state index in [2.05, 4.69) is 10.6 Å². The first-order valence-electron chi connectivity index (χ1n) is 7.24. The molecule has 4 N–H and O–H groups in total. The van der Waals surface area contributed by atoms with Crippen molar-refractivity contribution in [3.05, 3.63) is 18.2 Å². The molecule has 1 saturated carbocycles. The molecule has 2 aliphatic rings. The molecule has 1 fully saturated rings. The van der Waals surface area contributed by atoms with Crippen LogP contribution in [0, 0.1) is 0 Å². The summed E-state index contributed by atoms with van der Waals surface area (Å²) in [6.07, 6.45) is 4.55. The van der Waals surface area contributed by atoms with Gasteiger partial charge in [0.25, 0.3) is 5.91 Å². The molecule has 1 aromatic rings.